The molecule has 2 aliphatic heterocycles. The minimum atomic E-state index is -3.64. The second-order valence-corrected chi connectivity index (χ2v) is 10.2. The first-order chi connectivity index (χ1) is 13.2. The monoisotopic (exact) mass is 429 g/mol. The molecule has 1 aromatic carbocycles. The summed E-state index contributed by atoms with van der Waals surface area (Å²) in [4.78, 5) is 25.6. The van der Waals surface area contributed by atoms with Gasteiger partial charge in [-0.2, -0.15) is 4.31 Å². The van der Waals surface area contributed by atoms with Gasteiger partial charge in [0.1, 0.15) is 0 Å². The molecule has 2 atom stereocenters. The van der Waals surface area contributed by atoms with E-state index in [1.54, 1.807) is 38.1 Å². The molecule has 0 saturated carbocycles. The van der Waals surface area contributed by atoms with Crippen LogP contribution in [0.1, 0.15) is 19.4 Å². The molecule has 154 valence electrons. The SMILES string of the molecule is CC(C)S(=O)(=O)N1C[C@H](C(=O)NCc2ccc(Cl)cc2)[C@@]2(C1)OCCNC2=O. The molecule has 1 spiro atoms. The van der Waals surface area contributed by atoms with E-state index in [0.29, 0.717) is 11.6 Å². The lowest BCUT2D eigenvalue weighted by molar-refractivity contribution is -0.163. The molecule has 0 aliphatic carbocycles. The summed E-state index contributed by atoms with van der Waals surface area (Å²) in [5.41, 5.74) is -0.671. The largest absolute Gasteiger partial charge is 0.361 e. The van der Waals surface area contributed by atoms with Gasteiger partial charge in [-0.05, 0) is 31.5 Å². The van der Waals surface area contributed by atoms with Gasteiger partial charge in [0.05, 0.1) is 24.3 Å². The summed E-state index contributed by atoms with van der Waals surface area (Å²) in [5.74, 6) is -1.81. The van der Waals surface area contributed by atoms with Crippen LogP contribution < -0.4 is 10.6 Å². The van der Waals surface area contributed by atoms with Crippen molar-refractivity contribution in [3.63, 3.8) is 0 Å². The smallest absolute Gasteiger partial charge is 0.254 e. The lowest BCUT2D eigenvalue weighted by Crippen LogP contribution is -2.62. The van der Waals surface area contributed by atoms with Crippen LogP contribution in [0.15, 0.2) is 24.3 Å². The number of nitrogens with zero attached hydrogens (tertiary/aromatic N) is 1. The number of hydrogen-bond donors (Lipinski definition) is 2. The first kappa shape index (κ1) is 21.0. The van der Waals surface area contributed by atoms with Crippen LogP contribution in [0.25, 0.3) is 0 Å². The average Bonchev–Trinajstić information content (AvgIpc) is 3.04. The molecule has 2 saturated heterocycles. The highest BCUT2D eigenvalue weighted by atomic mass is 35.5. The number of hydrogen-bond acceptors (Lipinski definition) is 5. The summed E-state index contributed by atoms with van der Waals surface area (Å²) in [6, 6.07) is 7.00. The molecule has 8 nitrogen and oxygen atoms in total. The van der Waals surface area contributed by atoms with Gasteiger partial charge in [0, 0.05) is 24.7 Å². The van der Waals surface area contributed by atoms with Crippen LogP contribution in [-0.2, 0) is 30.9 Å². The van der Waals surface area contributed by atoms with Gasteiger partial charge < -0.3 is 15.4 Å². The Hall–Kier alpha value is -1.68. The fourth-order valence-electron chi connectivity index (χ4n) is 3.48. The fraction of sp³-hybridized carbons (Fsp3) is 0.556. The third-order valence-corrected chi connectivity index (χ3v) is 7.59. The molecule has 2 aliphatic rings. The second-order valence-electron chi connectivity index (χ2n) is 7.28. The van der Waals surface area contributed by atoms with Crippen LogP contribution in [0, 0.1) is 5.92 Å². The average molecular weight is 430 g/mol. The lowest BCUT2D eigenvalue weighted by atomic mass is 9.87. The van der Waals surface area contributed by atoms with Crippen LogP contribution in [0.4, 0.5) is 0 Å². The van der Waals surface area contributed by atoms with E-state index < -0.39 is 38.6 Å². The van der Waals surface area contributed by atoms with E-state index >= 15 is 0 Å². The van der Waals surface area contributed by atoms with Gasteiger partial charge in [0.2, 0.25) is 15.9 Å². The maximum absolute atomic E-state index is 12.9. The van der Waals surface area contributed by atoms with Crippen molar-refractivity contribution < 1.29 is 22.7 Å². The van der Waals surface area contributed by atoms with Crippen molar-refractivity contribution in [2.24, 2.45) is 5.92 Å². The molecule has 2 N–H and O–H groups in total. The van der Waals surface area contributed by atoms with E-state index in [1.165, 1.54) is 4.31 Å². The maximum Gasteiger partial charge on any atom is 0.254 e. The number of benzene rings is 1. The number of amides is 2. The van der Waals surface area contributed by atoms with Crippen molar-refractivity contribution in [2.45, 2.75) is 31.2 Å². The quantitative estimate of drug-likeness (QED) is 0.709. The minimum absolute atomic E-state index is 0.0968. The molecule has 3 rings (SSSR count). The Morgan fingerprint density at radius 3 is 2.68 bits per heavy atom. The van der Waals surface area contributed by atoms with Crippen molar-refractivity contribution in [1.29, 1.82) is 0 Å². The molecule has 0 bridgehead atoms. The highest BCUT2D eigenvalue weighted by molar-refractivity contribution is 7.89. The number of morpholine rings is 1. The van der Waals surface area contributed by atoms with Gasteiger partial charge in [-0.15, -0.1) is 0 Å². The zero-order chi connectivity index (χ0) is 20.5. The van der Waals surface area contributed by atoms with Crippen LogP contribution in [0.3, 0.4) is 0 Å². The highest BCUT2D eigenvalue weighted by Crippen LogP contribution is 2.36. The van der Waals surface area contributed by atoms with Crippen molar-refractivity contribution >= 4 is 33.4 Å². The van der Waals surface area contributed by atoms with Crippen molar-refractivity contribution in [3.8, 4) is 0 Å². The van der Waals surface area contributed by atoms with E-state index in [2.05, 4.69) is 10.6 Å². The van der Waals surface area contributed by atoms with Crippen LogP contribution in [0.2, 0.25) is 5.02 Å². The summed E-state index contributed by atoms with van der Waals surface area (Å²) < 4.78 is 32.2. The molecule has 2 heterocycles. The van der Waals surface area contributed by atoms with E-state index in [-0.39, 0.29) is 26.2 Å². The predicted molar refractivity (Wildman–Crippen MR) is 104 cm³/mol. The van der Waals surface area contributed by atoms with Gasteiger partial charge in [0.15, 0.2) is 5.60 Å². The number of rotatable bonds is 5. The maximum atomic E-state index is 12.9. The Labute approximate surface area is 169 Å². The third kappa shape index (κ3) is 3.89. The van der Waals surface area contributed by atoms with Crippen molar-refractivity contribution in [3.05, 3.63) is 34.9 Å². The number of carbonyl (C=O) groups excluding carboxylic acids is 2. The van der Waals surface area contributed by atoms with Crippen molar-refractivity contribution in [1.82, 2.24) is 14.9 Å². The van der Waals surface area contributed by atoms with Gasteiger partial charge in [-0.1, -0.05) is 23.7 Å². The number of nitrogens with one attached hydrogen (secondary N) is 2. The Balaban J connectivity index is 1.82. The summed E-state index contributed by atoms with van der Waals surface area (Å²) in [5, 5.41) is 5.42. The molecule has 28 heavy (non-hydrogen) atoms. The summed E-state index contributed by atoms with van der Waals surface area (Å²) in [6.45, 7) is 3.66. The first-order valence-corrected chi connectivity index (χ1v) is 11.0. The highest BCUT2D eigenvalue weighted by Gasteiger charge is 2.59. The molecule has 0 unspecified atom stereocenters. The number of carbonyl (C=O) groups is 2. The molecule has 2 fully saturated rings. The zero-order valence-electron chi connectivity index (χ0n) is 15.8. The standard InChI is InChI=1S/C18H24ClN3O5S/c1-12(2)28(25,26)22-10-15(18(11-22)17(24)20-7-8-27-18)16(23)21-9-13-3-5-14(19)6-4-13/h3-6,12,15H,7-11H2,1-2H3,(H,20,24)(H,21,23)/t15-,18-/m1/s1. The molecular formula is C18H24ClN3O5S. The minimum Gasteiger partial charge on any atom is -0.361 e. The van der Waals surface area contributed by atoms with E-state index in [0.717, 1.165) is 5.56 Å². The first-order valence-electron chi connectivity index (χ1n) is 9.10. The normalized spacial score (nSPS) is 25.9. The topological polar surface area (TPSA) is 105 Å². The number of ether oxygens (including phenoxy) is 1. The summed E-state index contributed by atoms with van der Waals surface area (Å²) in [6.07, 6.45) is 0. The molecular weight excluding hydrogens is 406 g/mol. The summed E-state index contributed by atoms with van der Waals surface area (Å²) in [7, 11) is -3.64. The fourth-order valence-corrected chi connectivity index (χ4v) is 4.93. The van der Waals surface area contributed by atoms with E-state index in [1.807, 2.05) is 0 Å². The van der Waals surface area contributed by atoms with E-state index in [4.69, 9.17) is 16.3 Å². The Morgan fingerprint density at radius 1 is 1.39 bits per heavy atom. The third-order valence-electron chi connectivity index (χ3n) is 5.14. The number of sulfonamides is 1. The van der Waals surface area contributed by atoms with Gasteiger partial charge in [-0.3, -0.25) is 9.59 Å². The predicted octanol–water partition coefficient (Wildman–Crippen LogP) is 0.511. The Kier molecular flexibility index (Phi) is 6.00. The van der Waals surface area contributed by atoms with Gasteiger partial charge in [-0.25, -0.2) is 8.42 Å². The Bertz CT molecular complexity index is 858. The van der Waals surface area contributed by atoms with Crippen LogP contribution in [-0.4, -0.2) is 61.6 Å². The molecule has 0 aromatic heterocycles. The molecule has 0 radical (unpaired) electrons. The lowest BCUT2D eigenvalue weighted by Gasteiger charge is -2.36. The molecule has 2 amide bonds. The molecule has 1 aromatic rings. The van der Waals surface area contributed by atoms with Gasteiger partial charge >= 0.3 is 0 Å². The van der Waals surface area contributed by atoms with Crippen molar-refractivity contribution in [2.75, 3.05) is 26.2 Å². The number of halogens is 1. The summed E-state index contributed by atoms with van der Waals surface area (Å²) >= 11 is 5.86. The van der Waals surface area contributed by atoms with Crippen LogP contribution in [0.5, 0.6) is 0 Å². The van der Waals surface area contributed by atoms with Gasteiger partial charge in [0.25, 0.3) is 5.91 Å². The van der Waals surface area contributed by atoms with Crippen LogP contribution >= 0.6 is 11.6 Å². The second kappa shape index (κ2) is 7.98. The molecule has 10 heteroatoms. The zero-order valence-corrected chi connectivity index (χ0v) is 17.3. The van der Waals surface area contributed by atoms with E-state index in [9.17, 15) is 18.0 Å². The Morgan fingerprint density at radius 2 is 2.07 bits per heavy atom.